The van der Waals surface area contributed by atoms with Crippen molar-refractivity contribution in [1.29, 1.82) is 0 Å². The number of aromatic nitrogens is 2. The monoisotopic (exact) mass is 532 g/mol. The molecular weight excluding hydrogens is 497 g/mol. The average Bonchev–Trinajstić information content (AvgIpc) is 3.66. The van der Waals surface area contributed by atoms with Gasteiger partial charge in [-0.2, -0.15) is 23.0 Å². The summed E-state index contributed by atoms with van der Waals surface area (Å²) in [4.78, 5) is 32.3. The van der Waals surface area contributed by atoms with Crippen LogP contribution < -0.4 is 9.80 Å². The highest BCUT2D eigenvalue weighted by molar-refractivity contribution is 5.91. The Kier molecular flexibility index (Phi) is 7.15. The number of amides is 2. The number of carbonyl (C=O) groups is 2. The minimum absolute atomic E-state index is 0.138. The lowest BCUT2D eigenvalue weighted by molar-refractivity contribution is -0.137. The van der Waals surface area contributed by atoms with Crippen LogP contribution in [-0.4, -0.2) is 77.8 Å². The summed E-state index contributed by atoms with van der Waals surface area (Å²) < 4.78 is 41.8. The molecule has 1 aliphatic carbocycles. The number of hydrogen-bond acceptors (Lipinski definition) is 5. The molecule has 0 radical (unpaired) electrons. The average molecular weight is 533 g/mol. The molecule has 2 unspecified atom stereocenters. The Morgan fingerprint density at radius 2 is 1.74 bits per heavy atom. The predicted molar refractivity (Wildman–Crippen MR) is 138 cm³/mol. The molecule has 206 valence electrons. The maximum Gasteiger partial charge on any atom is 0.416 e. The Balaban J connectivity index is 1.22. The van der Waals surface area contributed by atoms with Gasteiger partial charge in [0, 0.05) is 58.4 Å². The second-order valence-electron chi connectivity index (χ2n) is 11.0. The normalized spacial score (nSPS) is 23.4. The Morgan fingerprint density at radius 3 is 2.34 bits per heavy atom. The molecule has 8 nitrogen and oxygen atoms in total. The lowest BCUT2D eigenvalue weighted by atomic mass is 10.0. The molecule has 3 aliphatic rings. The van der Waals surface area contributed by atoms with Gasteiger partial charge in [0.05, 0.1) is 23.6 Å². The molecule has 1 aromatic heterocycles. The maximum atomic E-state index is 13.5. The van der Waals surface area contributed by atoms with E-state index in [1.807, 2.05) is 11.9 Å². The highest BCUT2D eigenvalue weighted by Gasteiger charge is 2.44. The van der Waals surface area contributed by atoms with Gasteiger partial charge in [0.2, 0.25) is 5.91 Å². The smallest absolute Gasteiger partial charge is 0.371 e. The number of anilines is 2. The van der Waals surface area contributed by atoms with E-state index in [2.05, 4.69) is 14.9 Å². The summed E-state index contributed by atoms with van der Waals surface area (Å²) in [6.07, 6.45) is 2.64. The first kappa shape index (κ1) is 26.5. The fourth-order valence-corrected chi connectivity index (χ4v) is 6.25. The summed E-state index contributed by atoms with van der Waals surface area (Å²) in [5.74, 6) is 0.558. The van der Waals surface area contributed by atoms with E-state index in [0.717, 1.165) is 50.0 Å². The molecule has 1 saturated carbocycles. The zero-order valence-electron chi connectivity index (χ0n) is 22.1. The van der Waals surface area contributed by atoms with Gasteiger partial charge in [-0.05, 0) is 68.3 Å². The number of hydrogen-bond donors (Lipinski definition) is 0. The second-order valence-corrected chi connectivity index (χ2v) is 11.0. The van der Waals surface area contributed by atoms with E-state index < -0.39 is 11.7 Å². The number of halogens is 3. The van der Waals surface area contributed by atoms with Crippen LogP contribution in [0.5, 0.6) is 0 Å². The van der Waals surface area contributed by atoms with Gasteiger partial charge in [-0.1, -0.05) is 0 Å². The summed E-state index contributed by atoms with van der Waals surface area (Å²) in [5.41, 5.74) is 1.60. The van der Waals surface area contributed by atoms with Crippen LogP contribution in [0.3, 0.4) is 0 Å². The summed E-state index contributed by atoms with van der Waals surface area (Å²) in [5, 5.41) is 4.15. The zero-order valence-corrected chi connectivity index (χ0v) is 22.1. The second kappa shape index (κ2) is 10.2. The Morgan fingerprint density at radius 1 is 1.08 bits per heavy atom. The number of carbonyl (C=O) groups excluding carboxylic acids is 2. The first-order valence-electron chi connectivity index (χ1n) is 13.2. The molecule has 1 aromatic carbocycles. The summed E-state index contributed by atoms with van der Waals surface area (Å²) in [7, 11) is 3.64. The zero-order chi connectivity index (χ0) is 27.2. The van der Waals surface area contributed by atoms with Crippen molar-refractivity contribution in [2.75, 3.05) is 50.1 Å². The van der Waals surface area contributed by atoms with Crippen molar-refractivity contribution in [2.24, 2.45) is 11.8 Å². The van der Waals surface area contributed by atoms with Crippen molar-refractivity contribution in [3.63, 3.8) is 0 Å². The molecule has 0 bridgehead atoms. The molecule has 2 aliphatic heterocycles. The van der Waals surface area contributed by atoms with Gasteiger partial charge in [0.1, 0.15) is 0 Å². The van der Waals surface area contributed by atoms with Gasteiger partial charge in [-0.25, -0.2) is 4.79 Å². The number of nitrogens with zero attached hydrogens (tertiary/aromatic N) is 6. The molecular formula is C27H35F3N6O2. The van der Waals surface area contributed by atoms with Crippen LogP contribution in [0, 0.1) is 11.8 Å². The predicted octanol–water partition coefficient (Wildman–Crippen LogP) is 4.30. The Bertz CT molecular complexity index is 1180. The van der Waals surface area contributed by atoms with E-state index in [9.17, 15) is 22.8 Å². The lowest BCUT2D eigenvalue weighted by Crippen LogP contribution is -2.36. The number of likely N-dealkylation sites (tertiary alicyclic amines) is 1. The van der Waals surface area contributed by atoms with Crippen LogP contribution in [-0.2, 0) is 17.5 Å². The molecule has 2 aromatic rings. The van der Waals surface area contributed by atoms with Gasteiger partial charge in [-0.15, -0.1) is 0 Å². The fraction of sp³-hybridized carbons (Fsp3) is 0.593. The van der Waals surface area contributed by atoms with Crippen molar-refractivity contribution in [1.82, 2.24) is 19.6 Å². The third-order valence-electron chi connectivity index (χ3n) is 8.52. The fourth-order valence-electron chi connectivity index (χ4n) is 6.25. The molecule has 3 fully saturated rings. The minimum atomic E-state index is -4.37. The molecule has 0 spiro atoms. The van der Waals surface area contributed by atoms with Gasteiger partial charge in [-0.3, -0.25) is 9.69 Å². The van der Waals surface area contributed by atoms with Crippen LogP contribution >= 0.6 is 0 Å². The van der Waals surface area contributed by atoms with Crippen LogP contribution in [0.1, 0.15) is 43.7 Å². The number of rotatable bonds is 5. The van der Waals surface area contributed by atoms with Crippen LogP contribution in [0.4, 0.5) is 29.3 Å². The standard InChI is InChI=1S/C27H35F3N6O2/c1-18(37)33(3)24-13-31-36(17-24)26(38)35-15-19-11-23(12-20(19)16-35)32(2)14-21-10-22(27(28,29)30)6-7-25(21)34-8-4-5-9-34/h6-7,10,13,17,19-20,23H,4-5,8-9,11-12,14-16H2,1-3H3/t19-,20?,23?/m0/s1. The van der Waals surface area contributed by atoms with Gasteiger partial charge in [0.15, 0.2) is 0 Å². The molecule has 11 heteroatoms. The molecule has 5 rings (SSSR count). The number of fused-ring (bicyclic) bond motifs is 1. The van der Waals surface area contributed by atoms with Crippen molar-refractivity contribution < 1.29 is 22.8 Å². The van der Waals surface area contributed by atoms with E-state index in [4.69, 9.17) is 0 Å². The van der Waals surface area contributed by atoms with Crippen LogP contribution in [0.25, 0.3) is 0 Å². The molecule has 2 saturated heterocycles. The largest absolute Gasteiger partial charge is 0.416 e. The molecule has 3 heterocycles. The van der Waals surface area contributed by atoms with Crippen LogP contribution in [0.2, 0.25) is 0 Å². The quantitative estimate of drug-likeness (QED) is 0.575. The van der Waals surface area contributed by atoms with Gasteiger partial charge < -0.3 is 14.7 Å². The van der Waals surface area contributed by atoms with Crippen LogP contribution in [0.15, 0.2) is 30.6 Å². The first-order chi connectivity index (χ1) is 18.0. The van der Waals surface area contributed by atoms with Gasteiger partial charge in [0.25, 0.3) is 0 Å². The lowest BCUT2D eigenvalue weighted by Gasteiger charge is -2.29. The molecule has 38 heavy (non-hydrogen) atoms. The SMILES string of the molecule is CC(=O)N(C)c1cnn(C(=O)N2CC3CC(N(C)Cc4cc(C(F)(F)F)ccc4N4CCCC4)C[C@H]3C2)c1. The molecule has 2 amide bonds. The first-order valence-corrected chi connectivity index (χ1v) is 13.2. The molecule has 3 atom stereocenters. The topological polar surface area (TPSA) is 64.9 Å². The maximum absolute atomic E-state index is 13.5. The summed E-state index contributed by atoms with van der Waals surface area (Å²) in [6, 6.07) is 4.21. The Hall–Kier alpha value is -3.08. The van der Waals surface area contributed by atoms with Crippen molar-refractivity contribution in [3.05, 3.63) is 41.7 Å². The van der Waals surface area contributed by atoms with E-state index >= 15 is 0 Å². The van der Waals surface area contributed by atoms with E-state index in [1.165, 1.54) is 34.8 Å². The number of alkyl halides is 3. The Labute approximate surface area is 221 Å². The van der Waals surface area contributed by atoms with Crippen molar-refractivity contribution in [3.8, 4) is 0 Å². The summed E-state index contributed by atoms with van der Waals surface area (Å²) >= 11 is 0. The third-order valence-corrected chi connectivity index (χ3v) is 8.52. The number of benzene rings is 1. The highest BCUT2D eigenvalue weighted by Crippen LogP contribution is 2.41. The van der Waals surface area contributed by atoms with Gasteiger partial charge >= 0.3 is 12.2 Å². The molecule has 0 N–H and O–H groups in total. The van der Waals surface area contributed by atoms with E-state index in [1.54, 1.807) is 19.3 Å². The van der Waals surface area contributed by atoms with E-state index in [0.29, 0.717) is 37.2 Å². The minimum Gasteiger partial charge on any atom is -0.371 e. The van der Waals surface area contributed by atoms with Crippen molar-refractivity contribution in [2.45, 2.75) is 51.4 Å². The van der Waals surface area contributed by atoms with E-state index in [-0.39, 0.29) is 18.0 Å². The summed E-state index contributed by atoms with van der Waals surface area (Å²) in [6.45, 7) is 4.93. The highest BCUT2D eigenvalue weighted by atomic mass is 19.4. The third kappa shape index (κ3) is 5.25. The van der Waals surface area contributed by atoms with Crippen molar-refractivity contribution >= 4 is 23.3 Å².